The summed E-state index contributed by atoms with van der Waals surface area (Å²) in [6, 6.07) is 10.2. The van der Waals surface area contributed by atoms with Crippen molar-refractivity contribution in [1.29, 1.82) is 0 Å². The van der Waals surface area contributed by atoms with Gasteiger partial charge in [-0.2, -0.15) is 0 Å². The molecule has 1 aromatic carbocycles. The standard InChI is InChI=1S/C15H17NO2/c1-3-18-15(17)9-8-13-10-12-6-4-5-7-14(12)11(2)16-13/h4-7,10H,3,8-9H2,1-2H3. The quantitative estimate of drug-likeness (QED) is 0.775. The second-order valence-electron chi connectivity index (χ2n) is 4.23. The van der Waals surface area contributed by atoms with E-state index >= 15 is 0 Å². The summed E-state index contributed by atoms with van der Waals surface area (Å²) in [4.78, 5) is 15.8. The SMILES string of the molecule is CCOC(=O)CCc1cc2ccccc2c(C)n1. The lowest BCUT2D eigenvalue weighted by atomic mass is 10.1. The van der Waals surface area contributed by atoms with E-state index in [1.165, 1.54) is 5.39 Å². The number of pyridine rings is 1. The normalized spacial score (nSPS) is 10.6. The van der Waals surface area contributed by atoms with Crippen molar-refractivity contribution >= 4 is 16.7 Å². The summed E-state index contributed by atoms with van der Waals surface area (Å²) in [7, 11) is 0. The Bertz CT molecular complexity index is 563. The van der Waals surface area contributed by atoms with Crippen LogP contribution in [-0.4, -0.2) is 17.6 Å². The Balaban J connectivity index is 2.17. The van der Waals surface area contributed by atoms with Crippen LogP contribution in [0.15, 0.2) is 30.3 Å². The molecule has 3 nitrogen and oxygen atoms in total. The number of aromatic nitrogens is 1. The Morgan fingerprint density at radius 1 is 1.33 bits per heavy atom. The fourth-order valence-electron chi connectivity index (χ4n) is 2.03. The van der Waals surface area contributed by atoms with E-state index in [-0.39, 0.29) is 5.97 Å². The van der Waals surface area contributed by atoms with Gasteiger partial charge in [-0.15, -0.1) is 0 Å². The van der Waals surface area contributed by atoms with Gasteiger partial charge in [-0.25, -0.2) is 0 Å². The van der Waals surface area contributed by atoms with Gasteiger partial charge in [0.25, 0.3) is 0 Å². The third kappa shape index (κ3) is 2.86. The fourth-order valence-corrected chi connectivity index (χ4v) is 2.03. The van der Waals surface area contributed by atoms with Crippen LogP contribution in [0.2, 0.25) is 0 Å². The van der Waals surface area contributed by atoms with Crippen LogP contribution < -0.4 is 0 Å². The molecule has 0 aliphatic carbocycles. The maximum Gasteiger partial charge on any atom is 0.306 e. The van der Waals surface area contributed by atoms with Crippen LogP contribution in [0.25, 0.3) is 10.8 Å². The summed E-state index contributed by atoms with van der Waals surface area (Å²) < 4.78 is 4.91. The molecule has 0 saturated carbocycles. The minimum absolute atomic E-state index is 0.162. The van der Waals surface area contributed by atoms with Crippen LogP contribution in [0.3, 0.4) is 0 Å². The van der Waals surface area contributed by atoms with E-state index in [1.807, 2.05) is 32.0 Å². The summed E-state index contributed by atoms with van der Waals surface area (Å²) >= 11 is 0. The van der Waals surface area contributed by atoms with Crippen LogP contribution in [0, 0.1) is 6.92 Å². The number of fused-ring (bicyclic) bond motifs is 1. The fraction of sp³-hybridized carbons (Fsp3) is 0.333. The molecule has 3 heteroatoms. The van der Waals surface area contributed by atoms with Crippen LogP contribution in [-0.2, 0) is 16.0 Å². The molecule has 0 aliphatic heterocycles. The molecule has 0 N–H and O–H groups in total. The number of rotatable bonds is 4. The van der Waals surface area contributed by atoms with Crippen molar-refractivity contribution in [2.75, 3.05) is 6.61 Å². The first kappa shape index (κ1) is 12.6. The number of nitrogens with zero attached hydrogens (tertiary/aromatic N) is 1. The average molecular weight is 243 g/mol. The molecule has 0 saturated heterocycles. The first-order valence-corrected chi connectivity index (χ1v) is 6.21. The number of esters is 1. The third-order valence-electron chi connectivity index (χ3n) is 2.87. The lowest BCUT2D eigenvalue weighted by Gasteiger charge is -2.06. The van der Waals surface area contributed by atoms with E-state index in [0.717, 1.165) is 16.8 Å². The molecule has 1 aromatic heterocycles. The molecule has 0 bridgehead atoms. The van der Waals surface area contributed by atoms with E-state index in [4.69, 9.17) is 4.74 Å². The Hall–Kier alpha value is -1.90. The van der Waals surface area contributed by atoms with E-state index in [9.17, 15) is 4.79 Å². The number of carbonyl (C=O) groups is 1. The van der Waals surface area contributed by atoms with E-state index < -0.39 is 0 Å². The van der Waals surface area contributed by atoms with Gasteiger partial charge in [0, 0.05) is 23.2 Å². The van der Waals surface area contributed by atoms with Gasteiger partial charge in [0.05, 0.1) is 13.0 Å². The highest BCUT2D eigenvalue weighted by atomic mass is 16.5. The summed E-state index contributed by atoms with van der Waals surface area (Å²) in [5.41, 5.74) is 1.95. The average Bonchev–Trinajstić information content (AvgIpc) is 2.37. The summed E-state index contributed by atoms with van der Waals surface area (Å²) in [5, 5.41) is 2.33. The van der Waals surface area contributed by atoms with Gasteiger partial charge in [-0.1, -0.05) is 24.3 Å². The van der Waals surface area contributed by atoms with Crippen molar-refractivity contribution in [3.05, 3.63) is 41.7 Å². The highest BCUT2D eigenvalue weighted by Gasteiger charge is 2.06. The molecule has 0 amide bonds. The van der Waals surface area contributed by atoms with Crippen molar-refractivity contribution in [2.45, 2.75) is 26.7 Å². The van der Waals surface area contributed by atoms with Crippen LogP contribution in [0.1, 0.15) is 24.7 Å². The zero-order chi connectivity index (χ0) is 13.0. The third-order valence-corrected chi connectivity index (χ3v) is 2.87. The lowest BCUT2D eigenvalue weighted by molar-refractivity contribution is -0.143. The first-order chi connectivity index (χ1) is 8.70. The van der Waals surface area contributed by atoms with Gasteiger partial charge in [0.15, 0.2) is 0 Å². The Kier molecular flexibility index (Phi) is 3.92. The summed E-state index contributed by atoms with van der Waals surface area (Å²) in [5.74, 6) is -0.162. The molecule has 0 aliphatic rings. The number of carbonyl (C=O) groups excluding carboxylic acids is 1. The van der Waals surface area contributed by atoms with Gasteiger partial charge >= 0.3 is 5.97 Å². The first-order valence-electron chi connectivity index (χ1n) is 6.21. The predicted octanol–water partition coefficient (Wildman–Crippen LogP) is 3.04. The minimum atomic E-state index is -0.162. The van der Waals surface area contributed by atoms with Crippen molar-refractivity contribution in [1.82, 2.24) is 4.98 Å². The van der Waals surface area contributed by atoms with E-state index in [0.29, 0.717) is 19.4 Å². The lowest BCUT2D eigenvalue weighted by Crippen LogP contribution is -2.06. The Labute approximate surface area is 107 Å². The van der Waals surface area contributed by atoms with E-state index in [2.05, 4.69) is 17.1 Å². The monoisotopic (exact) mass is 243 g/mol. The molecular formula is C15H17NO2. The molecule has 2 aromatic rings. The number of ether oxygens (including phenoxy) is 1. The van der Waals surface area contributed by atoms with Gasteiger partial charge in [-0.05, 0) is 25.3 Å². The summed E-state index contributed by atoms with van der Waals surface area (Å²) in [6.07, 6.45) is 1.02. The van der Waals surface area contributed by atoms with Gasteiger partial charge in [-0.3, -0.25) is 9.78 Å². The number of hydrogen-bond donors (Lipinski definition) is 0. The highest BCUT2D eigenvalue weighted by Crippen LogP contribution is 2.18. The van der Waals surface area contributed by atoms with Gasteiger partial charge < -0.3 is 4.74 Å². The number of hydrogen-bond acceptors (Lipinski definition) is 3. The maximum absolute atomic E-state index is 11.3. The molecule has 0 fully saturated rings. The second-order valence-corrected chi connectivity index (χ2v) is 4.23. The number of aryl methyl sites for hydroxylation is 2. The minimum Gasteiger partial charge on any atom is -0.466 e. The van der Waals surface area contributed by atoms with E-state index in [1.54, 1.807) is 0 Å². The predicted molar refractivity (Wildman–Crippen MR) is 71.4 cm³/mol. The van der Waals surface area contributed by atoms with Crippen molar-refractivity contribution < 1.29 is 9.53 Å². The summed E-state index contributed by atoms with van der Waals surface area (Å²) in [6.45, 7) is 4.25. The number of benzene rings is 1. The van der Waals surface area contributed by atoms with Crippen molar-refractivity contribution in [2.24, 2.45) is 0 Å². The molecule has 1 heterocycles. The molecular weight excluding hydrogens is 226 g/mol. The van der Waals surface area contributed by atoms with Crippen LogP contribution in [0.5, 0.6) is 0 Å². The molecule has 0 spiro atoms. The van der Waals surface area contributed by atoms with Crippen LogP contribution in [0.4, 0.5) is 0 Å². The van der Waals surface area contributed by atoms with Crippen molar-refractivity contribution in [3.63, 3.8) is 0 Å². The maximum atomic E-state index is 11.3. The second kappa shape index (κ2) is 5.63. The van der Waals surface area contributed by atoms with Gasteiger partial charge in [0.1, 0.15) is 0 Å². The molecule has 0 unspecified atom stereocenters. The Morgan fingerprint density at radius 2 is 2.11 bits per heavy atom. The smallest absolute Gasteiger partial charge is 0.306 e. The molecule has 94 valence electrons. The molecule has 18 heavy (non-hydrogen) atoms. The zero-order valence-corrected chi connectivity index (χ0v) is 10.8. The van der Waals surface area contributed by atoms with Gasteiger partial charge in [0.2, 0.25) is 0 Å². The molecule has 0 atom stereocenters. The Morgan fingerprint density at radius 3 is 2.89 bits per heavy atom. The van der Waals surface area contributed by atoms with Crippen molar-refractivity contribution in [3.8, 4) is 0 Å². The van der Waals surface area contributed by atoms with Crippen LogP contribution >= 0.6 is 0 Å². The molecule has 2 rings (SSSR count). The zero-order valence-electron chi connectivity index (χ0n) is 10.8. The largest absolute Gasteiger partial charge is 0.466 e. The highest BCUT2D eigenvalue weighted by molar-refractivity contribution is 5.84. The molecule has 0 radical (unpaired) electrons. The topological polar surface area (TPSA) is 39.2 Å².